The first kappa shape index (κ1) is 12.3. The van der Waals surface area contributed by atoms with Crippen LogP contribution in [0.3, 0.4) is 0 Å². The molecule has 1 aliphatic rings. The molecule has 0 radical (unpaired) electrons. The predicted octanol–water partition coefficient (Wildman–Crippen LogP) is 1.96. The minimum Gasteiger partial charge on any atom is -0.370 e. The largest absolute Gasteiger partial charge is 0.370 e. The van der Waals surface area contributed by atoms with E-state index < -0.39 is 0 Å². The van der Waals surface area contributed by atoms with Gasteiger partial charge in [-0.15, -0.1) is 0 Å². The first-order chi connectivity index (χ1) is 8.30. The van der Waals surface area contributed by atoms with Crippen LogP contribution in [0.15, 0.2) is 12.3 Å². The van der Waals surface area contributed by atoms with Crippen molar-refractivity contribution in [3.63, 3.8) is 0 Å². The van der Waals surface area contributed by atoms with Gasteiger partial charge in [0.2, 0.25) is 0 Å². The van der Waals surface area contributed by atoms with Gasteiger partial charge in [-0.3, -0.25) is 0 Å². The molecule has 5 heteroatoms. The van der Waals surface area contributed by atoms with Crippen molar-refractivity contribution in [1.29, 1.82) is 0 Å². The SMILES string of the molecule is COC1(c2nccc(NN)n2)CCCCCC1. The Morgan fingerprint density at radius 2 is 2.00 bits per heavy atom. The van der Waals surface area contributed by atoms with Crippen molar-refractivity contribution in [3.05, 3.63) is 18.1 Å². The minimum absolute atomic E-state index is 0.330. The molecular weight excluding hydrogens is 216 g/mol. The first-order valence-corrected chi connectivity index (χ1v) is 6.16. The summed E-state index contributed by atoms with van der Waals surface area (Å²) < 4.78 is 5.75. The van der Waals surface area contributed by atoms with E-state index in [-0.39, 0.29) is 5.60 Å². The Hall–Kier alpha value is -1.20. The summed E-state index contributed by atoms with van der Waals surface area (Å²) in [4.78, 5) is 8.79. The summed E-state index contributed by atoms with van der Waals surface area (Å²) in [6.45, 7) is 0. The van der Waals surface area contributed by atoms with Crippen LogP contribution in [0, 0.1) is 0 Å². The van der Waals surface area contributed by atoms with Gasteiger partial charge in [0.1, 0.15) is 11.4 Å². The topological polar surface area (TPSA) is 73.1 Å². The molecule has 1 aliphatic carbocycles. The Morgan fingerprint density at radius 3 is 2.59 bits per heavy atom. The number of ether oxygens (including phenoxy) is 1. The first-order valence-electron chi connectivity index (χ1n) is 6.16. The van der Waals surface area contributed by atoms with Crippen LogP contribution in [0.4, 0.5) is 5.82 Å². The Balaban J connectivity index is 2.31. The van der Waals surface area contributed by atoms with Crippen LogP contribution in [0.5, 0.6) is 0 Å². The van der Waals surface area contributed by atoms with Crippen molar-refractivity contribution in [3.8, 4) is 0 Å². The number of hydrazine groups is 1. The lowest BCUT2D eigenvalue weighted by Crippen LogP contribution is -2.30. The third-order valence-corrected chi connectivity index (χ3v) is 3.51. The fourth-order valence-corrected chi connectivity index (χ4v) is 2.48. The number of hydrogen-bond acceptors (Lipinski definition) is 5. The van der Waals surface area contributed by atoms with Crippen LogP contribution >= 0.6 is 0 Å². The number of hydrogen-bond donors (Lipinski definition) is 2. The van der Waals surface area contributed by atoms with E-state index in [4.69, 9.17) is 10.6 Å². The van der Waals surface area contributed by atoms with Gasteiger partial charge in [0.05, 0.1) is 0 Å². The van der Waals surface area contributed by atoms with Crippen LogP contribution in [0.1, 0.15) is 44.3 Å². The quantitative estimate of drug-likeness (QED) is 0.477. The van der Waals surface area contributed by atoms with Crippen LogP contribution in [-0.2, 0) is 10.3 Å². The molecular formula is C12H20N4O. The van der Waals surface area contributed by atoms with E-state index in [0.29, 0.717) is 5.82 Å². The molecule has 1 aromatic rings. The van der Waals surface area contributed by atoms with Gasteiger partial charge in [-0.2, -0.15) is 0 Å². The molecule has 0 saturated heterocycles. The van der Waals surface area contributed by atoms with Crippen molar-refractivity contribution < 1.29 is 4.74 Å². The Morgan fingerprint density at radius 1 is 1.29 bits per heavy atom. The number of rotatable bonds is 3. The van der Waals surface area contributed by atoms with Crippen LogP contribution in [0.25, 0.3) is 0 Å². The number of nitrogens with two attached hydrogens (primary N) is 1. The van der Waals surface area contributed by atoms with Crippen LogP contribution < -0.4 is 11.3 Å². The predicted molar refractivity (Wildman–Crippen MR) is 66.2 cm³/mol. The lowest BCUT2D eigenvalue weighted by atomic mass is 9.93. The molecule has 0 spiro atoms. The molecule has 2 rings (SSSR count). The van der Waals surface area contributed by atoms with E-state index >= 15 is 0 Å². The maximum Gasteiger partial charge on any atom is 0.162 e. The maximum absolute atomic E-state index is 5.75. The normalized spacial score (nSPS) is 19.6. The van der Waals surface area contributed by atoms with E-state index in [1.807, 2.05) is 0 Å². The van der Waals surface area contributed by atoms with Crippen molar-refractivity contribution >= 4 is 5.82 Å². The highest BCUT2D eigenvalue weighted by molar-refractivity contribution is 5.31. The van der Waals surface area contributed by atoms with E-state index in [0.717, 1.165) is 31.5 Å². The molecule has 0 unspecified atom stereocenters. The molecule has 3 N–H and O–H groups in total. The second kappa shape index (κ2) is 5.42. The summed E-state index contributed by atoms with van der Waals surface area (Å²) in [6, 6.07) is 1.75. The monoisotopic (exact) mass is 236 g/mol. The van der Waals surface area contributed by atoms with Crippen molar-refractivity contribution in [1.82, 2.24) is 9.97 Å². The fourth-order valence-electron chi connectivity index (χ4n) is 2.48. The molecule has 1 saturated carbocycles. The number of nitrogen functional groups attached to an aromatic ring is 1. The summed E-state index contributed by atoms with van der Waals surface area (Å²) in [5.41, 5.74) is 2.23. The van der Waals surface area contributed by atoms with Gasteiger partial charge in [-0.25, -0.2) is 15.8 Å². The summed E-state index contributed by atoms with van der Waals surface area (Å²) in [5.74, 6) is 6.77. The number of nitrogens with one attached hydrogen (secondary N) is 1. The third kappa shape index (κ3) is 2.56. The van der Waals surface area contributed by atoms with E-state index in [1.165, 1.54) is 12.8 Å². The van der Waals surface area contributed by atoms with Crippen molar-refractivity contribution in [2.75, 3.05) is 12.5 Å². The number of nitrogens with zero attached hydrogens (tertiary/aromatic N) is 2. The number of methoxy groups -OCH3 is 1. The average Bonchev–Trinajstić information content (AvgIpc) is 2.65. The number of anilines is 1. The molecule has 1 aromatic heterocycles. The summed E-state index contributed by atoms with van der Waals surface area (Å²) in [5, 5.41) is 0. The van der Waals surface area contributed by atoms with E-state index in [9.17, 15) is 0 Å². The molecule has 0 aromatic carbocycles. The van der Waals surface area contributed by atoms with Gasteiger partial charge in [-0.1, -0.05) is 25.7 Å². The second-order valence-electron chi connectivity index (χ2n) is 4.52. The molecule has 0 aliphatic heterocycles. The van der Waals surface area contributed by atoms with Crippen LogP contribution in [0.2, 0.25) is 0 Å². The van der Waals surface area contributed by atoms with Gasteiger partial charge in [0.15, 0.2) is 5.82 Å². The summed E-state index contributed by atoms with van der Waals surface area (Å²) in [7, 11) is 1.75. The zero-order chi connectivity index (χ0) is 12.1. The second-order valence-corrected chi connectivity index (χ2v) is 4.52. The lowest BCUT2D eigenvalue weighted by molar-refractivity contribution is -0.0350. The van der Waals surface area contributed by atoms with Crippen molar-refractivity contribution in [2.45, 2.75) is 44.1 Å². The minimum atomic E-state index is -0.330. The van der Waals surface area contributed by atoms with Crippen molar-refractivity contribution in [2.24, 2.45) is 5.84 Å². The highest BCUT2D eigenvalue weighted by Crippen LogP contribution is 2.37. The van der Waals surface area contributed by atoms with Gasteiger partial charge in [0, 0.05) is 19.4 Å². The smallest absolute Gasteiger partial charge is 0.162 e. The standard InChI is InChI=1S/C12H20N4O/c1-17-12(7-4-2-3-5-8-12)11-14-9-6-10(15-11)16-13/h6,9H,2-5,7-8,13H2,1H3,(H,14,15,16). The molecule has 5 nitrogen and oxygen atoms in total. The number of aromatic nitrogens is 2. The zero-order valence-electron chi connectivity index (χ0n) is 10.3. The lowest BCUT2D eigenvalue weighted by Gasteiger charge is -2.29. The summed E-state index contributed by atoms with van der Waals surface area (Å²) in [6.07, 6.45) is 8.55. The molecule has 0 atom stereocenters. The Kier molecular flexibility index (Phi) is 3.91. The average molecular weight is 236 g/mol. The highest BCUT2D eigenvalue weighted by Gasteiger charge is 2.35. The molecule has 0 bridgehead atoms. The van der Waals surface area contributed by atoms with E-state index in [1.54, 1.807) is 19.4 Å². The van der Waals surface area contributed by atoms with Gasteiger partial charge in [0.25, 0.3) is 0 Å². The van der Waals surface area contributed by atoms with Gasteiger partial charge >= 0.3 is 0 Å². The van der Waals surface area contributed by atoms with Gasteiger partial charge < -0.3 is 10.2 Å². The molecule has 0 amide bonds. The Labute approximate surface area is 102 Å². The summed E-state index contributed by atoms with van der Waals surface area (Å²) >= 11 is 0. The molecule has 94 valence electrons. The molecule has 1 heterocycles. The maximum atomic E-state index is 5.75. The molecule has 1 fully saturated rings. The Bertz CT molecular complexity index is 361. The molecule has 17 heavy (non-hydrogen) atoms. The van der Waals surface area contributed by atoms with Crippen LogP contribution in [-0.4, -0.2) is 17.1 Å². The third-order valence-electron chi connectivity index (χ3n) is 3.51. The zero-order valence-corrected chi connectivity index (χ0v) is 10.3. The highest BCUT2D eigenvalue weighted by atomic mass is 16.5. The van der Waals surface area contributed by atoms with Gasteiger partial charge in [-0.05, 0) is 12.8 Å². The fraction of sp³-hybridized carbons (Fsp3) is 0.667. The van der Waals surface area contributed by atoms with E-state index in [2.05, 4.69) is 15.4 Å².